The number of carbonyl (C=O) groups is 3. The summed E-state index contributed by atoms with van der Waals surface area (Å²) in [5, 5.41) is 5.71. The first-order chi connectivity index (χ1) is 12.6. The molecule has 1 saturated carbocycles. The number of fused-ring (bicyclic) bond motifs is 1. The van der Waals surface area contributed by atoms with Gasteiger partial charge in [0.1, 0.15) is 6.04 Å². The second-order valence-corrected chi connectivity index (χ2v) is 7.65. The van der Waals surface area contributed by atoms with E-state index in [2.05, 4.69) is 22.8 Å². The molecule has 1 aromatic rings. The predicted molar refractivity (Wildman–Crippen MR) is 96.5 cm³/mol. The van der Waals surface area contributed by atoms with E-state index in [0.717, 1.165) is 18.4 Å². The van der Waals surface area contributed by atoms with E-state index in [0.29, 0.717) is 30.5 Å². The molecule has 3 amide bonds. The Morgan fingerprint density at radius 1 is 1.08 bits per heavy atom. The minimum atomic E-state index is -0.540. The van der Waals surface area contributed by atoms with Gasteiger partial charge < -0.3 is 10.2 Å². The van der Waals surface area contributed by atoms with Gasteiger partial charge in [0.15, 0.2) is 0 Å². The summed E-state index contributed by atoms with van der Waals surface area (Å²) in [6.07, 6.45) is 5.38. The first-order valence-electron chi connectivity index (χ1n) is 9.51. The van der Waals surface area contributed by atoms with E-state index in [1.807, 2.05) is 13.1 Å². The van der Waals surface area contributed by atoms with Crippen LogP contribution in [0.5, 0.6) is 0 Å². The highest BCUT2D eigenvalue weighted by Gasteiger charge is 2.39. The van der Waals surface area contributed by atoms with E-state index in [-0.39, 0.29) is 24.1 Å². The molecule has 4 rings (SSSR count). The largest absolute Gasteiger partial charge is 0.322 e. The van der Waals surface area contributed by atoms with E-state index >= 15 is 0 Å². The number of imide groups is 1. The molecule has 0 spiro atoms. The summed E-state index contributed by atoms with van der Waals surface area (Å²) >= 11 is 0. The van der Waals surface area contributed by atoms with Crippen molar-refractivity contribution >= 4 is 17.7 Å². The van der Waals surface area contributed by atoms with Gasteiger partial charge in [0.2, 0.25) is 11.8 Å². The molecule has 26 heavy (non-hydrogen) atoms. The van der Waals surface area contributed by atoms with E-state index in [1.165, 1.54) is 18.4 Å². The van der Waals surface area contributed by atoms with Crippen LogP contribution in [0.25, 0.3) is 0 Å². The second kappa shape index (κ2) is 6.83. The summed E-state index contributed by atoms with van der Waals surface area (Å²) < 4.78 is 0. The van der Waals surface area contributed by atoms with Gasteiger partial charge >= 0.3 is 0 Å². The van der Waals surface area contributed by atoms with Crippen LogP contribution in [-0.2, 0) is 16.1 Å². The smallest absolute Gasteiger partial charge is 0.255 e. The molecule has 0 unspecified atom stereocenters. The average molecular weight is 355 g/mol. The van der Waals surface area contributed by atoms with Crippen molar-refractivity contribution in [1.82, 2.24) is 15.5 Å². The van der Waals surface area contributed by atoms with Gasteiger partial charge in [0, 0.05) is 24.6 Å². The number of amides is 3. The van der Waals surface area contributed by atoms with Gasteiger partial charge in [0.25, 0.3) is 5.91 Å². The van der Waals surface area contributed by atoms with Gasteiger partial charge in [-0.25, -0.2) is 0 Å². The third-order valence-electron chi connectivity index (χ3n) is 6.15. The van der Waals surface area contributed by atoms with Crippen LogP contribution in [0.4, 0.5) is 0 Å². The topological polar surface area (TPSA) is 78.5 Å². The summed E-state index contributed by atoms with van der Waals surface area (Å²) in [6.45, 7) is 0.458. The molecule has 2 aliphatic heterocycles. The van der Waals surface area contributed by atoms with Crippen molar-refractivity contribution in [3.05, 3.63) is 34.9 Å². The number of hydrogen-bond donors (Lipinski definition) is 2. The summed E-state index contributed by atoms with van der Waals surface area (Å²) in [7, 11) is 2.02. The molecule has 3 aliphatic rings. The summed E-state index contributed by atoms with van der Waals surface area (Å²) in [4.78, 5) is 37.9. The van der Waals surface area contributed by atoms with Crippen LogP contribution in [0.2, 0.25) is 0 Å². The molecule has 6 nitrogen and oxygen atoms in total. The number of hydrogen-bond acceptors (Lipinski definition) is 4. The summed E-state index contributed by atoms with van der Waals surface area (Å²) in [6, 6.07) is 6.23. The Morgan fingerprint density at radius 3 is 2.54 bits per heavy atom. The van der Waals surface area contributed by atoms with Crippen LogP contribution < -0.4 is 10.6 Å². The number of piperidine rings is 1. The predicted octanol–water partition coefficient (Wildman–Crippen LogP) is 1.69. The van der Waals surface area contributed by atoms with Crippen molar-refractivity contribution in [2.75, 3.05) is 7.05 Å². The van der Waals surface area contributed by atoms with Crippen LogP contribution in [0.15, 0.2) is 18.2 Å². The van der Waals surface area contributed by atoms with E-state index in [9.17, 15) is 14.4 Å². The molecule has 2 fully saturated rings. The van der Waals surface area contributed by atoms with Crippen molar-refractivity contribution in [2.24, 2.45) is 0 Å². The van der Waals surface area contributed by atoms with Crippen LogP contribution >= 0.6 is 0 Å². The number of nitrogens with zero attached hydrogens (tertiary/aromatic N) is 1. The van der Waals surface area contributed by atoms with Gasteiger partial charge in [-0.3, -0.25) is 19.7 Å². The standard InChI is InChI=1S/C20H25N3O3/c1-21-15-5-2-12(3-6-15)13-4-7-16-14(10-13)11-23(20(16)26)17-8-9-18(24)22-19(17)25/h4,7,10,12,15,17,21H,2-3,5-6,8-9,11H2,1H3,(H,22,24,25)/t12?,15?,17-/m0/s1. The molecule has 2 N–H and O–H groups in total. The van der Waals surface area contributed by atoms with Crippen molar-refractivity contribution < 1.29 is 14.4 Å². The molecule has 2 heterocycles. The zero-order valence-electron chi connectivity index (χ0n) is 15.1. The van der Waals surface area contributed by atoms with Crippen molar-refractivity contribution in [1.29, 1.82) is 0 Å². The Morgan fingerprint density at radius 2 is 1.85 bits per heavy atom. The fourth-order valence-corrected chi connectivity index (χ4v) is 4.56. The van der Waals surface area contributed by atoms with Gasteiger partial charge in [-0.05, 0) is 62.3 Å². The first-order valence-corrected chi connectivity index (χ1v) is 9.51. The third kappa shape index (κ3) is 3.03. The van der Waals surface area contributed by atoms with Crippen LogP contribution in [-0.4, -0.2) is 41.8 Å². The molecule has 0 bridgehead atoms. The summed E-state index contributed by atoms with van der Waals surface area (Å²) in [5.41, 5.74) is 3.01. The molecule has 1 saturated heterocycles. The molecular weight excluding hydrogens is 330 g/mol. The molecule has 0 radical (unpaired) electrons. The minimum Gasteiger partial charge on any atom is -0.322 e. The first kappa shape index (κ1) is 17.2. The average Bonchev–Trinajstić information content (AvgIpc) is 2.98. The summed E-state index contributed by atoms with van der Waals surface area (Å²) in [5.74, 6) is -0.160. The second-order valence-electron chi connectivity index (χ2n) is 7.65. The van der Waals surface area contributed by atoms with Crippen LogP contribution in [0.3, 0.4) is 0 Å². The molecule has 6 heteroatoms. The fraction of sp³-hybridized carbons (Fsp3) is 0.550. The van der Waals surface area contributed by atoms with Crippen molar-refractivity contribution in [2.45, 2.75) is 63.1 Å². The zero-order chi connectivity index (χ0) is 18.3. The van der Waals surface area contributed by atoms with Gasteiger partial charge in [0.05, 0.1) is 0 Å². The Balaban J connectivity index is 1.50. The molecule has 1 atom stereocenters. The van der Waals surface area contributed by atoms with Gasteiger partial charge in [-0.1, -0.05) is 12.1 Å². The monoisotopic (exact) mass is 355 g/mol. The minimum absolute atomic E-state index is 0.0973. The van der Waals surface area contributed by atoms with E-state index in [1.54, 1.807) is 4.90 Å². The highest BCUT2D eigenvalue weighted by atomic mass is 16.2. The Labute approximate surface area is 153 Å². The zero-order valence-corrected chi connectivity index (χ0v) is 15.1. The number of carbonyl (C=O) groups excluding carboxylic acids is 3. The lowest BCUT2D eigenvalue weighted by Crippen LogP contribution is -2.52. The van der Waals surface area contributed by atoms with Crippen molar-refractivity contribution in [3.8, 4) is 0 Å². The maximum atomic E-state index is 12.7. The number of benzene rings is 1. The van der Waals surface area contributed by atoms with Gasteiger partial charge in [-0.15, -0.1) is 0 Å². The molecule has 138 valence electrons. The lowest BCUT2D eigenvalue weighted by atomic mass is 9.81. The van der Waals surface area contributed by atoms with Crippen molar-refractivity contribution in [3.63, 3.8) is 0 Å². The fourth-order valence-electron chi connectivity index (χ4n) is 4.56. The molecule has 0 aromatic heterocycles. The lowest BCUT2D eigenvalue weighted by Gasteiger charge is -2.29. The SMILES string of the molecule is CNC1CCC(c2ccc3c(c2)CN([C@H]2CCC(=O)NC2=O)C3=O)CC1. The molecule has 1 aliphatic carbocycles. The quantitative estimate of drug-likeness (QED) is 0.809. The molecular formula is C20H25N3O3. The normalized spacial score (nSPS) is 28.9. The lowest BCUT2D eigenvalue weighted by molar-refractivity contribution is -0.136. The van der Waals surface area contributed by atoms with Crippen LogP contribution in [0.1, 0.15) is 65.9 Å². The Bertz CT molecular complexity index is 753. The van der Waals surface area contributed by atoms with E-state index in [4.69, 9.17) is 0 Å². The molecule has 1 aromatic carbocycles. The maximum Gasteiger partial charge on any atom is 0.255 e. The maximum absolute atomic E-state index is 12.7. The Hall–Kier alpha value is -2.21. The van der Waals surface area contributed by atoms with E-state index < -0.39 is 6.04 Å². The number of nitrogens with one attached hydrogen (secondary N) is 2. The highest BCUT2D eigenvalue weighted by Crippen LogP contribution is 2.36. The van der Waals surface area contributed by atoms with Gasteiger partial charge in [-0.2, -0.15) is 0 Å². The number of rotatable bonds is 3. The Kier molecular flexibility index (Phi) is 4.53. The third-order valence-corrected chi connectivity index (χ3v) is 6.15. The van der Waals surface area contributed by atoms with Crippen LogP contribution in [0, 0.1) is 0 Å². The highest BCUT2D eigenvalue weighted by molar-refractivity contribution is 6.05.